The van der Waals surface area contributed by atoms with Crippen LogP contribution in [0.3, 0.4) is 0 Å². The normalized spacial score (nSPS) is 12.9. The van der Waals surface area contributed by atoms with Crippen LogP contribution >= 0.6 is 27.3 Å². The van der Waals surface area contributed by atoms with E-state index >= 15 is 0 Å². The molecule has 0 bridgehead atoms. The van der Waals surface area contributed by atoms with E-state index in [2.05, 4.69) is 50.1 Å². The van der Waals surface area contributed by atoms with Gasteiger partial charge in [-0.2, -0.15) is 16.4 Å². The Morgan fingerprint density at radius 2 is 2.29 bits per heavy atom. The summed E-state index contributed by atoms with van der Waals surface area (Å²) >= 11 is 5.30. The van der Waals surface area contributed by atoms with Crippen molar-refractivity contribution in [1.29, 1.82) is 0 Å². The first-order valence-corrected chi connectivity index (χ1v) is 7.32. The van der Waals surface area contributed by atoms with Gasteiger partial charge in [-0.05, 0) is 46.4 Å². The van der Waals surface area contributed by atoms with Crippen molar-refractivity contribution in [3.63, 3.8) is 0 Å². The van der Waals surface area contributed by atoms with Gasteiger partial charge in [0.25, 0.3) is 0 Å². The highest BCUT2D eigenvalue weighted by Gasteiger charge is 2.19. The first-order chi connectivity index (χ1) is 8.17. The van der Waals surface area contributed by atoms with Gasteiger partial charge >= 0.3 is 0 Å². The van der Waals surface area contributed by atoms with Gasteiger partial charge in [-0.25, -0.2) is 0 Å². The van der Waals surface area contributed by atoms with Gasteiger partial charge in [-0.1, -0.05) is 6.92 Å². The van der Waals surface area contributed by atoms with Crippen LogP contribution in [-0.4, -0.2) is 16.8 Å². The summed E-state index contributed by atoms with van der Waals surface area (Å²) in [6, 6.07) is 2.36. The Bertz CT molecular complexity index is 504. The Balaban J connectivity index is 2.42. The van der Waals surface area contributed by atoms with Gasteiger partial charge in [0.2, 0.25) is 0 Å². The lowest BCUT2D eigenvalue weighted by Gasteiger charge is -2.16. The summed E-state index contributed by atoms with van der Waals surface area (Å²) in [5.41, 5.74) is 3.60. The number of aryl methyl sites for hydroxylation is 2. The van der Waals surface area contributed by atoms with Crippen LogP contribution in [-0.2, 0) is 13.5 Å². The van der Waals surface area contributed by atoms with E-state index in [1.165, 1.54) is 11.3 Å². The highest BCUT2D eigenvalue weighted by atomic mass is 79.9. The molecule has 0 aliphatic heterocycles. The smallest absolute Gasteiger partial charge is 0.0764 e. The number of nitrogens with zero attached hydrogens (tertiary/aromatic N) is 2. The number of thiophene rings is 1. The molecule has 3 nitrogen and oxygen atoms in total. The first kappa shape index (κ1) is 12.8. The van der Waals surface area contributed by atoms with Crippen molar-refractivity contribution in [2.75, 3.05) is 7.05 Å². The van der Waals surface area contributed by atoms with E-state index in [1.807, 2.05) is 18.8 Å². The molecule has 5 heteroatoms. The van der Waals surface area contributed by atoms with Gasteiger partial charge in [0.15, 0.2) is 0 Å². The molecule has 2 aromatic rings. The summed E-state index contributed by atoms with van der Waals surface area (Å²) in [7, 11) is 3.98. The molecular weight excluding hydrogens is 298 g/mol. The molecule has 0 amide bonds. The zero-order valence-corrected chi connectivity index (χ0v) is 12.6. The maximum Gasteiger partial charge on any atom is 0.0764 e. The third-order valence-corrected chi connectivity index (χ3v) is 4.62. The largest absolute Gasteiger partial charge is 0.308 e. The molecule has 17 heavy (non-hydrogen) atoms. The van der Waals surface area contributed by atoms with E-state index in [1.54, 1.807) is 11.3 Å². The monoisotopic (exact) mass is 313 g/mol. The molecule has 92 valence electrons. The molecule has 0 saturated heterocycles. The van der Waals surface area contributed by atoms with E-state index in [4.69, 9.17) is 0 Å². The molecule has 1 N–H and O–H groups in total. The molecule has 0 fully saturated rings. The number of halogens is 1. The second-order valence-electron chi connectivity index (χ2n) is 3.93. The van der Waals surface area contributed by atoms with Crippen molar-refractivity contribution in [2.45, 2.75) is 19.4 Å². The van der Waals surface area contributed by atoms with Gasteiger partial charge in [0, 0.05) is 16.9 Å². The summed E-state index contributed by atoms with van der Waals surface area (Å²) < 4.78 is 3.12. The summed E-state index contributed by atoms with van der Waals surface area (Å²) in [6.45, 7) is 2.13. The molecule has 0 saturated carbocycles. The van der Waals surface area contributed by atoms with E-state index in [0.29, 0.717) is 0 Å². The number of aromatic nitrogens is 2. The second kappa shape index (κ2) is 5.33. The molecule has 2 aromatic heterocycles. The third-order valence-electron chi connectivity index (χ3n) is 2.87. The van der Waals surface area contributed by atoms with E-state index < -0.39 is 0 Å². The Kier molecular flexibility index (Phi) is 4.01. The van der Waals surface area contributed by atoms with Crippen LogP contribution < -0.4 is 5.32 Å². The predicted octanol–water partition coefficient (Wildman–Crippen LogP) is 3.12. The van der Waals surface area contributed by atoms with Gasteiger partial charge in [0.1, 0.15) is 0 Å². The lowest BCUT2D eigenvalue weighted by molar-refractivity contribution is 0.603. The Morgan fingerprint density at radius 3 is 2.76 bits per heavy atom. The summed E-state index contributed by atoms with van der Waals surface area (Å²) in [6.07, 6.45) is 0.967. The van der Waals surface area contributed by atoms with Crippen molar-refractivity contribution >= 4 is 27.3 Å². The molecule has 0 aromatic carbocycles. The second-order valence-corrected chi connectivity index (χ2v) is 5.53. The summed E-state index contributed by atoms with van der Waals surface area (Å²) in [5.74, 6) is 0. The Labute approximate surface area is 114 Å². The minimum absolute atomic E-state index is 0.188. The average Bonchev–Trinajstić information content (AvgIpc) is 2.88. The zero-order chi connectivity index (χ0) is 12.4. The van der Waals surface area contributed by atoms with Crippen LogP contribution in [0.25, 0.3) is 0 Å². The van der Waals surface area contributed by atoms with Gasteiger partial charge < -0.3 is 5.32 Å². The third kappa shape index (κ3) is 2.46. The zero-order valence-electron chi connectivity index (χ0n) is 10.2. The van der Waals surface area contributed by atoms with Crippen molar-refractivity contribution in [3.05, 3.63) is 38.3 Å². The van der Waals surface area contributed by atoms with Gasteiger partial charge in [-0.15, -0.1) is 0 Å². The van der Waals surface area contributed by atoms with Crippen molar-refractivity contribution in [3.8, 4) is 0 Å². The molecule has 0 aliphatic rings. The molecule has 0 spiro atoms. The first-order valence-electron chi connectivity index (χ1n) is 5.59. The van der Waals surface area contributed by atoms with Gasteiger partial charge in [-0.3, -0.25) is 4.68 Å². The maximum absolute atomic E-state index is 4.50. The predicted molar refractivity (Wildman–Crippen MR) is 75.5 cm³/mol. The molecule has 0 aliphatic carbocycles. The van der Waals surface area contributed by atoms with E-state index in [-0.39, 0.29) is 6.04 Å². The minimum Gasteiger partial charge on any atom is -0.308 e. The summed E-state index contributed by atoms with van der Waals surface area (Å²) in [5, 5.41) is 12.1. The maximum atomic E-state index is 4.50. The van der Waals surface area contributed by atoms with Crippen LogP contribution in [0.2, 0.25) is 0 Å². The van der Waals surface area contributed by atoms with Crippen molar-refractivity contribution in [2.24, 2.45) is 7.05 Å². The molecular formula is C12H16BrN3S. The van der Waals surface area contributed by atoms with Crippen LogP contribution in [0, 0.1) is 0 Å². The fraction of sp³-hybridized carbons (Fsp3) is 0.417. The quantitative estimate of drug-likeness (QED) is 0.940. The van der Waals surface area contributed by atoms with Crippen LogP contribution in [0.5, 0.6) is 0 Å². The van der Waals surface area contributed by atoms with Crippen molar-refractivity contribution in [1.82, 2.24) is 15.1 Å². The molecule has 2 heterocycles. The van der Waals surface area contributed by atoms with Crippen LogP contribution in [0.4, 0.5) is 0 Å². The topological polar surface area (TPSA) is 29.9 Å². The number of nitrogens with one attached hydrogen (secondary N) is 1. The Hall–Kier alpha value is -0.650. The average molecular weight is 314 g/mol. The minimum atomic E-state index is 0.188. The number of hydrogen-bond acceptors (Lipinski definition) is 3. The fourth-order valence-electron chi connectivity index (χ4n) is 1.95. The highest BCUT2D eigenvalue weighted by molar-refractivity contribution is 9.10. The fourth-order valence-corrected chi connectivity index (χ4v) is 3.50. The molecule has 0 radical (unpaired) electrons. The molecule has 1 unspecified atom stereocenters. The Morgan fingerprint density at radius 1 is 1.53 bits per heavy atom. The van der Waals surface area contributed by atoms with E-state index in [9.17, 15) is 0 Å². The lowest BCUT2D eigenvalue weighted by atomic mass is 10.1. The van der Waals surface area contributed by atoms with Crippen LogP contribution in [0.15, 0.2) is 21.3 Å². The van der Waals surface area contributed by atoms with Crippen molar-refractivity contribution < 1.29 is 0 Å². The number of hydrogen-bond donors (Lipinski definition) is 1. The van der Waals surface area contributed by atoms with Crippen LogP contribution in [0.1, 0.15) is 29.9 Å². The summed E-state index contributed by atoms with van der Waals surface area (Å²) in [4.78, 5) is 0. The van der Waals surface area contributed by atoms with Gasteiger partial charge in [0.05, 0.1) is 17.4 Å². The highest BCUT2D eigenvalue weighted by Crippen LogP contribution is 2.31. The molecule has 1 atom stereocenters. The SMILES string of the molecule is CCc1cc(C(NC)c2cscc2Br)n(C)n1. The lowest BCUT2D eigenvalue weighted by Crippen LogP contribution is -2.20. The number of rotatable bonds is 4. The van der Waals surface area contributed by atoms with E-state index in [0.717, 1.165) is 16.6 Å². The standard InChI is InChI=1S/C12H16BrN3S/c1-4-8-5-11(16(3)15-8)12(14-2)9-6-17-7-10(9)13/h5-7,12,14H,4H2,1-3H3. The molecule has 2 rings (SSSR count).